The third-order valence-corrected chi connectivity index (χ3v) is 6.43. The Morgan fingerprint density at radius 3 is 2.26 bits per heavy atom. The number of azide groups is 1. The molecule has 7 nitrogen and oxygen atoms in total. The largest absolute Gasteiger partial charge is 0.444 e. The lowest BCUT2D eigenvalue weighted by Gasteiger charge is -2.38. The fraction of sp³-hybridized carbons (Fsp3) is 0.632. The summed E-state index contributed by atoms with van der Waals surface area (Å²) in [5.74, 6) is 0. The maximum Gasteiger partial charge on any atom is 0.410 e. The summed E-state index contributed by atoms with van der Waals surface area (Å²) < 4.78 is 6.68. The van der Waals surface area contributed by atoms with Gasteiger partial charge in [-0.15, -0.1) is 0 Å². The summed E-state index contributed by atoms with van der Waals surface area (Å²) in [7, 11) is 0. The number of piperazine rings is 1. The highest BCUT2D eigenvalue weighted by Gasteiger charge is 2.28. The normalized spacial score (nSPS) is 14.8. The van der Waals surface area contributed by atoms with Crippen LogP contribution in [0.15, 0.2) is 5.11 Å². The van der Waals surface area contributed by atoms with Gasteiger partial charge in [-0.3, -0.25) is 0 Å². The van der Waals surface area contributed by atoms with Crippen LogP contribution in [0.4, 0.5) is 10.5 Å². The zero-order chi connectivity index (χ0) is 20.4. The zero-order valence-electron chi connectivity index (χ0n) is 17.0. The lowest BCUT2D eigenvalue weighted by molar-refractivity contribution is 0.0240. The number of carbonyl (C=O) groups is 1. The SMILES string of the molecule is Cc1c(I)c(C)c(N2CCN(C(=O)OC(C)(C)C)CC2)c(C)c1CN=[N+]=[N-]. The van der Waals surface area contributed by atoms with Crippen molar-refractivity contribution in [3.8, 4) is 0 Å². The van der Waals surface area contributed by atoms with E-state index >= 15 is 0 Å². The summed E-state index contributed by atoms with van der Waals surface area (Å²) in [5.41, 5.74) is 14.1. The van der Waals surface area contributed by atoms with E-state index in [2.05, 4.69) is 58.3 Å². The molecule has 0 spiro atoms. The summed E-state index contributed by atoms with van der Waals surface area (Å²) in [6, 6.07) is 0. The Kier molecular flexibility index (Phi) is 6.86. The highest BCUT2D eigenvalue weighted by molar-refractivity contribution is 14.1. The summed E-state index contributed by atoms with van der Waals surface area (Å²) in [4.78, 5) is 19.3. The Morgan fingerprint density at radius 2 is 1.74 bits per heavy atom. The van der Waals surface area contributed by atoms with Gasteiger partial charge in [0.1, 0.15) is 5.60 Å². The number of carbonyl (C=O) groups excluding carboxylic acids is 1. The van der Waals surface area contributed by atoms with E-state index in [0.717, 1.165) is 24.2 Å². The molecular weight excluding hydrogens is 457 g/mol. The van der Waals surface area contributed by atoms with Crippen LogP contribution in [-0.2, 0) is 11.3 Å². The number of amides is 1. The first-order valence-electron chi connectivity index (χ1n) is 9.08. The van der Waals surface area contributed by atoms with Gasteiger partial charge in [0.2, 0.25) is 0 Å². The smallest absolute Gasteiger partial charge is 0.410 e. The first kappa shape index (κ1) is 21.6. The summed E-state index contributed by atoms with van der Waals surface area (Å²) >= 11 is 2.37. The van der Waals surface area contributed by atoms with Gasteiger partial charge in [-0.05, 0) is 91.9 Å². The molecule has 0 bridgehead atoms. The Hall–Kier alpha value is -1.67. The van der Waals surface area contributed by atoms with Crippen molar-refractivity contribution in [2.24, 2.45) is 5.11 Å². The average Bonchev–Trinajstić information content (AvgIpc) is 2.59. The van der Waals surface area contributed by atoms with Crippen molar-refractivity contribution >= 4 is 34.4 Å². The minimum atomic E-state index is -0.482. The molecule has 0 unspecified atom stereocenters. The molecule has 0 aliphatic carbocycles. The van der Waals surface area contributed by atoms with Crippen molar-refractivity contribution < 1.29 is 9.53 Å². The lowest BCUT2D eigenvalue weighted by atomic mass is 9.96. The fourth-order valence-corrected chi connectivity index (χ4v) is 4.06. The molecule has 1 saturated heterocycles. The molecule has 148 valence electrons. The number of halogens is 1. The monoisotopic (exact) mass is 485 g/mol. The molecule has 0 radical (unpaired) electrons. The second-order valence-electron chi connectivity index (χ2n) is 7.86. The predicted molar refractivity (Wildman–Crippen MR) is 116 cm³/mol. The van der Waals surface area contributed by atoms with E-state index in [1.165, 1.54) is 20.4 Å². The number of ether oxygens (including phenoxy) is 1. The van der Waals surface area contributed by atoms with Gasteiger partial charge in [-0.2, -0.15) is 0 Å². The average molecular weight is 485 g/mol. The molecule has 1 heterocycles. The molecule has 0 atom stereocenters. The molecule has 1 aliphatic rings. The van der Waals surface area contributed by atoms with Crippen LogP contribution >= 0.6 is 22.6 Å². The van der Waals surface area contributed by atoms with Gasteiger partial charge in [0, 0.05) is 40.3 Å². The molecule has 8 heteroatoms. The third kappa shape index (κ3) is 4.99. The van der Waals surface area contributed by atoms with E-state index in [9.17, 15) is 4.79 Å². The van der Waals surface area contributed by atoms with E-state index in [0.29, 0.717) is 19.6 Å². The van der Waals surface area contributed by atoms with Crippen LogP contribution in [0.5, 0.6) is 0 Å². The summed E-state index contributed by atoms with van der Waals surface area (Å²) in [6.07, 6.45) is -0.252. The van der Waals surface area contributed by atoms with Crippen molar-refractivity contribution in [2.75, 3.05) is 31.1 Å². The van der Waals surface area contributed by atoms with Crippen molar-refractivity contribution in [1.82, 2.24) is 4.90 Å². The Balaban J connectivity index is 2.24. The molecule has 27 heavy (non-hydrogen) atoms. The molecule has 0 saturated carbocycles. The van der Waals surface area contributed by atoms with Gasteiger partial charge in [0.25, 0.3) is 0 Å². The van der Waals surface area contributed by atoms with Crippen LogP contribution in [0, 0.1) is 24.3 Å². The van der Waals surface area contributed by atoms with E-state index < -0.39 is 5.60 Å². The summed E-state index contributed by atoms with van der Waals surface area (Å²) in [5, 5.41) is 3.78. The van der Waals surface area contributed by atoms with Crippen molar-refractivity contribution in [3.05, 3.63) is 36.3 Å². The van der Waals surface area contributed by atoms with Crippen LogP contribution < -0.4 is 4.90 Å². The van der Waals surface area contributed by atoms with Crippen LogP contribution in [-0.4, -0.2) is 42.8 Å². The zero-order valence-corrected chi connectivity index (χ0v) is 19.1. The Morgan fingerprint density at radius 1 is 1.15 bits per heavy atom. The molecular formula is C19H28IN5O2. The van der Waals surface area contributed by atoms with Gasteiger partial charge in [0.15, 0.2) is 0 Å². The molecule has 1 amide bonds. The van der Waals surface area contributed by atoms with Crippen LogP contribution in [0.2, 0.25) is 0 Å². The number of benzene rings is 1. The molecule has 1 aromatic rings. The molecule has 2 rings (SSSR count). The van der Waals surface area contributed by atoms with Crippen LogP contribution in [0.1, 0.15) is 43.0 Å². The maximum absolute atomic E-state index is 12.3. The van der Waals surface area contributed by atoms with Crippen molar-refractivity contribution in [3.63, 3.8) is 0 Å². The fourth-order valence-electron chi connectivity index (χ4n) is 3.48. The van der Waals surface area contributed by atoms with E-state index in [1.54, 1.807) is 4.90 Å². The second kappa shape index (κ2) is 8.56. The molecule has 1 aromatic carbocycles. The molecule has 0 N–H and O–H groups in total. The highest BCUT2D eigenvalue weighted by Crippen LogP contribution is 2.35. The third-order valence-electron chi connectivity index (χ3n) is 4.81. The van der Waals surface area contributed by atoms with E-state index in [1.807, 2.05) is 20.8 Å². The number of anilines is 1. The minimum absolute atomic E-state index is 0.252. The Labute approximate surface area is 174 Å². The number of rotatable bonds is 3. The van der Waals surface area contributed by atoms with Gasteiger partial charge in [0.05, 0.1) is 6.54 Å². The standard InChI is InChI=1S/C19H28IN5O2/c1-12-15(11-22-23-21)13(2)17(14(3)16(12)20)24-7-9-25(10-8-24)18(26)27-19(4,5)6/h7-11H2,1-6H3. The molecule has 1 fully saturated rings. The number of nitrogens with zero attached hydrogens (tertiary/aromatic N) is 5. The quantitative estimate of drug-likeness (QED) is 0.259. The van der Waals surface area contributed by atoms with Gasteiger partial charge < -0.3 is 14.5 Å². The second-order valence-corrected chi connectivity index (χ2v) is 8.94. The lowest BCUT2D eigenvalue weighted by Crippen LogP contribution is -2.50. The predicted octanol–water partition coefficient (Wildman–Crippen LogP) is 5.08. The topological polar surface area (TPSA) is 81.5 Å². The van der Waals surface area contributed by atoms with Gasteiger partial charge in [-0.1, -0.05) is 5.11 Å². The first-order chi connectivity index (χ1) is 12.6. The van der Waals surface area contributed by atoms with E-state index in [4.69, 9.17) is 10.3 Å². The first-order valence-corrected chi connectivity index (χ1v) is 10.2. The number of hydrogen-bond donors (Lipinski definition) is 0. The maximum atomic E-state index is 12.3. The Bertz CT molecular complexity index is 774. The van der Waals surface area contributed by atoms with Gasteiger partial charge in [-0.25, -0.2) is 4.79 Å². The molecule has 1 aliphatic heterocycles. The van der Waals surface area contributed by atoms with Crippen LogP contribution in [0.25, 0.3) is 10.4 Å². The van der Waals surface area contributed by atoms with Gasteiger partial charge >= 0.3 is 6.09 Å². The van der Waals surface area contributed by atoms with E-state index in [-0.39, 0.29) is 6.09 Å². The summed E-state index contributed by atoms with van der Waals surface area (Å²) in [6.45, 7) is 15.1. The van der Waals surface area contributed by atoms with Crippen molar-refractivity contribution in [2.45, 2.75) is 53.7 Å². The van der Waals surface area contributed by atoms with Crippen molar-refractivity contribution in [1.29, 1.82) is 0 Å². The number of hydrogen-bond acceptors (Lipinski definition) is 4. The molecule has 0 aromatic heterocycles. The highest BCUT2D eigenvalue weighted by atomic mass is 127. The minimum Gasteiger partial charge on any atom is -0.444 e. The van der Waals surface area contributed by atoms with Crippen LogP contribution in [0.3, 0.4) is 0 Å².